The number of ketones is 1. The van der Waals surface area contributed by atoms with Crippen molar-refractivity contribution in [3.8, 4) is 0 Å². The first-order valence-corrected chi connectivity index (χ1v) is 4.52. The number of rotatable bonds is 4. The highest BCUT2D eigenvalue weighted by Crippen LogP contribution is 2.06. The van der Waals surface area contributed by atoms with Crippen LogP contribution in [0.1, 0.15) is 26.1 Å². The van der Waals surface area contributed by atoms with Crippen molar-refractivity contribution in [1.82, 2.24) is 14.8 Å². The normalized spacial score (nSPS) is 11.7. The van der Waals surface area contributed by atoms with Crippen molar-refractivity contribution in [1.29, 1.82) is 0 Å². The number of carbonyl (C=O) groups is 1. The Kier molecular flexibility index (Phi) is 3.00. The minimum absolute atomic E-state index is 0.0913. The molecule has 1 aromatic rings. The van der Waals surface area contributed by atoms with Crippen LogP contribution >= 0.6 is 0 Å². The van der Waals surface area contributed by atoms with Crippen molar-refractivity contribution in [2.24, 2.45) is 12.8 Å². The summed E-state index contributed by atoms with van der Waals surface area (Å²) in [5.74, 6) is 0.771. The maximum atomic E-state index is 11.5. The molecule has 2 N–H and O–H groups in total. The number of Topliss-reactive ketones (excluding diaryl/α,β-unsaturated/α-hetero) is 1. The molecular weight excluding hydrogens is 180 g/mol. The van der Waals surface area contributed by atoms with Crippen LogP contribution in [0.2, 0.25) is 0 Å². The minimum atomic E-state index is -0.449. The molecule has 0 atom stereocenters. The highest BCUT2D eigenvalue weighted by atomic mass is 16.1. The summed E-state index contributed by atoms with van der Waals surface area (Å²) in [6.45, 7) is 3.67. The van der Waals surface area contributed by atoms with Gasteiger partial charge in [-0.25, -0.2) is 4.98 Å². The van der Waals surface area contributed by atoms with E-state index in [1.165, 1.54) is 6.33 Å². The summed E-state index contributed by atoms with van der Waals surface area (Å²) in [5, 5.41) is 3.89. The van der Waals surface area contributed by atoms with Gasteiger partial charge in [-0.3, -0.25) is 9.48 Å². The molecule has 5 heteroatoms. The van der Waals surface area contributed by atoms with E-state index >= 15 is 0 Å². The summed E-state index contributed by atoms with van der Waals surface area (Å²) in [7, 11) is 1.77. The molecule has 14 heavy (non-hydrogen) atoms. The van der Waals surface area contributed by atoms with Gasteiger partial charge in [0.15, 0.2) is 0 Å². The second-order valence-electron chi connectivity index (χ2n) is 4.18. The monoisotopic (exact) mass is 196 g/mol. The van der Waals surface area contributed by atoms with Gasteiger partial charge in [-0.05, 0) is 13.8 Å². The molecule has 0 spiro atoms. The van der Waals surface area contributed by atoms with Crippen molar-refractivity contribution in [3.63, 3.8) is 0 Å². The third-order valence-electron chi connectivity index (χ3n) is 1.81. The molecule has 0 unspecified atom stereocenters. The van der Waals surface area contributed by atoms with E-state index in [-0.39, 0.29) is 5.78 Å². The Morgan fingerprint density at radius 3 is 2.71 bits per heavy atom. The zero-order valence-corrected chi connectivity index (χ0v) is 8.82. The summed E-state index contributed by atoms with van der Waals surface area (Å²) >= 11 is 0. The standard InChI is InChI=1S/C9H16N4O/c1-9(2,10)5-7(14)4-8-11-6-12-13(8)3/h6H,4-5,10H2,1-3H3. The molecule has 1 aromatic heterocycles. The lowest BCUT2D eigenvalue weighted by atomic mass is 9.98. The first-order valence-electron chi connectivity index (χ1n) is 4.52. The largest absolute Gasteiger partial charge is 0.325 e. The van der Waals surface area contributed by atoms with Gasteiger partial charge in [-0.2, -0.15) is 5.10 Å². The van der Waals surface area contributed by atoms with Gasteiger partial charge < -0.3 is 5.73 Å². The molecule has 0 saturated carbocycles. The average Bonchev–Trinajstić information content (AvgIpc) is 2.32. The molecule has 1 heterocycles. The highest BCUT2D eigenvalue weighted by molar-refractivity contribution is 5.81. The Bertz CT molecular complexity index is 324. The Labute approximate surface area is 83.3 Å². The molecule has 0 amide bonds. The van der Waals surface area contributed by atoms with Gasteiger partial charge in [0.05, 0.1) is 6.42 Å². The van der Waals surface area contributed by atoms with Crippen LogP contribution in [-0.2, 0) is 18.3 Å². The zero-order chi connectivity index (χ0) is 10.8. The van der Waals surface area contributed by atoms with Gasteiger partial charge in [-0.15, -0.1) is 0 Å². The van der Waals surface area contributed by atoms with Crippen LogP contribution in [0.5, 0.6) is 0 Å². The van der Waals surface area contributed by atoms with Crippen molar-refractivity contribution >= 4 is 5.78 Å². The Hall–Kier alpha value is -1.23. The van der Waals surface area contributed by atoms with Crippen LogP contribution in [-0.4, -0.2) is 26.1 Å². The average molecular weight is 196 g/mol. The van der Waals surface area contributed by atoms with Crippen molar-refractivity contribution in [2.75, 3.05) is 0 Å². The number of aryl methyl sites for hydroxylation is 1. The minimum Gasteiger partial charge on any atom is -0.325 e. The van der Waals surface area contributed by atoms with Crippen LogP contribution in [0, 0.1) is 0 Å². The van der Waals surface area contributed by atoms with Gasteiger partial charge in [-0.1, -0.05) is 0 Å². The van der Waals surface area contributed by atoms with Gasteiger partial charge in [0.1, 0.15) is 17.9 Å². The van der Waals surface area contributed by atoms with E-state index in [1.54, 1.807) is 11.7 Å². The van der Waals surface area contributed by atoms with Gasteiger partial charge >= 0.3 is 0 Å². The predicted octanol–water partition coefficient (Wildman–Crippen LogP) is 0.0541. The second-order valence-corrected chi connectivity index (χ2v) is 4.18. The van der Waals surface area contributed by atoms with Crippen LogP contribution in [0.4, 0.5) is 0 Å². The molecule has 0 saturated heterocycles. The predicted molar refractivity (Wildman–Crippen MR) is 52.6 cm³/mol. The number of aromatic nitrogens is 3. The zero-order valence-electron chi connectivity index (χ0n) is 8.82. The Morgan fingerprint density at radius 2 is 2.29 bits per heavy atom. The lowest BCUT2D eigenvalue weighted by Crippen LogP contribution is -2.35. The maximum absolute atomic E-state index is 11.5. The summed E-state index contributed by atoms with van der Waals surface area (Å²) < 4.78 is 1.60. The maximum Gasteiger partial charge on any atom is 0.142 e. The third kappa shape index (κ3) is 3.26. The number of nitrogens with two attached hydrogens (primary N) is 1. The van der Waals surface area contributed by atoms with E-state index in [0.717, 1.165) is 0 Å². The number of hydrogen-bond donors (Lipinski definition) is 1. The summed E-state index contributed by atoms with van der Waals surface area (Å²) in [4.78, 5) is 15.5. The smallest absolute Gasteiger partial charge is 0.142 e. The lowest BCUT2D eigenvalue weighted by Gasteiger charge is -2.16. The molecule has 0 aliphatic carbocycles. The van der Waals surface area contributed by atoms with Gasteiger partial charge in [0, 0.05) is 19.0 Å². The van der Waals surface area contributed by atoms with E-state index in [9.17, 15) is 4.79 Å². The fourth-order valence-corrected chi connectivity index (χ4v) is 1.23. The van der Waals surface area contributed by atoms with Crippen LogP contribution in [0.25, 0.3) is 0 Å². The van der Waals surface area contributed by atoms with Gasteiger partial charge in [0.25, 0.3) is 0 Å². The summed E-state index contributed by atoms with van der Waals surface area (Å²) in [6.07, 6.45) is 2.10. The first-order chi connectivity index (χ1) is 6.38. The van der Waals surface area contributed by atoms with Crippen LogP contribution < -0.4 is 5.73 Å². The SMILES string of the molecule is Cn1ncnc1CC(=O)CC(C)(C)N. The van der Waals surface area contributed by atoms with Crippen molar-refractivity contribution < 1.29 is 4.79 Å². The van der Waals surface area contributed by atoms with Crippen LogP contribution in [0.15, 0.2) is 6.33 Å². The summed E-state index contributed by atoms with van der Waals surface area (Å²) in [5.41, 5.74) is 5.29. The van der Waals surface area contributed by atoms with E-state index in [1.807, 2.05) is 13.8 Å². The summed E-state index contributed by atoms with van der Waals surface area (Å²) in [6, 6.07) is 0. The lowest BCUT2D eigenvalue weighted by molar-refractivity contribution is -0.119. The molecular formula is C9H16N4O. The molecule has 0 aromatic carbocycles. The Morgan fingerprint density at radius 1 is 1.64 bits per heavy atom. The van der Waals surface area contributed by atoms with E-state index in [0.29, 0.717) is 18.7 Å². The fourth-order valence-electron chi connectivity index (χ4n) is 1.23. The van der Waals surface area contributed by atoms with E-state index < -0.39 is 5.54 Å². The molecule has 0 bridgehead atoms. The van der Waals surface area contributed by atoms with Crippen molar-refractivity contribution in [3.05, 3.63) is 12.2 Å². The van der Waals surface area contributed by atoms with Crippen LogP contribution in [0.3, 0.4) is 0 Å². The second kappa shape index (κ2) is 3.88. The van der Waals surface area contributed by atoms with Gasteiger partial charge in [0.2, 0.25) is 0 Å². The third-order valence-corrected chi connectivity index (χ3v) is 1.81. The van der Waals surface area contributed by atoms with E-state index in [2.05, 4.69) is 10.1 Å². The van der Waals surface area contributed by atoms with Crippen molar-refractivity contribution in [2.45, 2.75) is 32.2 Å². The molecule has 0 radical (unpaired) electrons. The molecule has 5 nitrogen and oxygen atoms in total. The molecule has 0 aliphatic heterocycles. The highest BCUT2D eigenvalue weighted by Gasteiger charge is 2.17. The topological polar surface area (TPSA) is 73.8 Å². The molecule has 1 rings (SSSR count). The number of hydrogen-bond acceptors (Lipinski definition) is 4. The number of nitrogens with zero attached hydrogens (tertiary/aromatic N) is 3. The molecule has 0 aliphatic rings. The fraction of sp³-hybridized carbons (Fsp3) is 0.667. The molecule has 78 valence electrons. The Balaban J connectivity index is 2.54. The molecule has 0 fully saturated rings. The number of carbonyl (C=O) groups excluding carboxylic acids is 1. The quantitative estimate of drug-likeness (QED) is 0.738. The first kappa shape index (κ1) is 10.8. The van der Waals surface area contributed by atoms with E-state index in [4.69, 9.17) is 5.73 Å².